The lowest BCUT2D eigenvalue weighted by atomic mass is 10.1. The average Bonchev–Trinajstić information content (AvgIpc) is 2.98. The zero-order valence-electron chi connectivity index (χ0n) is 14.8. The second-order valence-corrected chi connectivity index (χ2v) is 5.14. The van der Waals surface area contributed by atoms with Gasteiger partial charge in [-0.15, -0.1) is 0 Å². The molecule has 2 rings (SSSR count). The minimum Gasteiger partial charge on any atom is -0.504 e. The molecule has 1 aromatic carbocycles. The number of esters is 1. The van der Waals surface area contributed by atoms with E-state index in [0.29, 0.717) is 5.56 Å². The molecule has 0 atom stereocenters. The van der Waals surface area contributed by atoms with E-state index in [4.69, 9.17) is 24.7 Å². The van der Waals surface area contributed by atoms with Gasteiger partial charge in [-0.3, -0.25) is 0 Å². The lowest BCUT2D eigenvalue weighted by Crippen LogP contribution is -2.15. The zero-order chi connectivity index (χ0) is 19.4. The van der Waals surface area contributed by atoms with Crippen molar-refractivity contribution < 1.29 is 28.8 Å². The number of anilines is 1. The Morgan fingerprint density at radius 1 is 1.27 bits per heavy atom. The van der Waals surface area contributed by atoms with E-state index in [9.17, 15) is 15.2 Å². The van der Waals surface area contributed by atoms with Gasteiger partial charge in [0.25, 0.3) is 0 Å². The van der Waals surface area contributed by atoms with Crippen LogP contribution in [-0.4, -0.2) is 44.1 Å². The maximum atomic E-state index is 12.3. The molecular weight excluding hydrogens is 342 g/mol. The highest BCUT2D eigenvalue weighted by molar-refractivity contribution is 5.96. The molecular formula is C17H19N3O6. The summed E-state index contributed by atoms with van der Waals surface area (Å²) in [6.07, 6.45) is 0.518. The van der Waals surface area contributed by atoms with E-state index in [1.807, 2.05) is 6.07 Å². The molecule has 1 heterocycles. The highest BCUT2D eigenvalue weighted by Gasteiger charge is 2.28. The van der Waals surface area contributed by atoms with E-state index in [1.54, 1.807) is 6.07 Å². The third kappa shape index (κ3) is 3.03. The normalized spacial score (nSPS) is 10.6. The molecule has 0 unspecified atom stereocenters. The zero-order valence-corrected chi connectivity index (χ0v) is 14.8. The summed E-state index contributed by atoms with van der Waals surface area (Å²) in [4.78, 5) is 12.3. The molecule has 2 aromatic rings. The largest absolute Gasteiger partial charge is 0.504 e. The van der Waals surface area contributed by atoms with Gasteiger partial charge in [-0.1, -0.05) is 0 Å². The molecule has 138 valence electrons. The Balaban J connectivity index is 2.94. The number of nitrogens with two attached hydrogens (primary N) is 1. The van der Waals surface area contributed by atoms with Gasteiger partial charge in [-0.25, -0.2) is 4.79 Å². The molecule has 26 heavy (non-hydrogen) atoms. The second-order valence-electron chi connectivity index (χ2n) is 5.14. The molecule has 3 N–H and O–H groups in total. The van der Waals surface area contributed by atoms with Gasteiger partial charge < -0.3 is 34.4 Å². The predicted molar refractivity (Wildman–Crippen MR) is 91.2 cm³/mol. The lowest BCUT2D eigenvalue weighted by Gasteiger charge is -2.22. The monoisotopic (exact) mass is 361 g/mol. The number of carbonyl (C=O) groups is 1. The summed E-state index contributed by atoms with van der Waals surface area (Å²) in [6, 6.07) is 4.87. The van der Waals surface area contributed by atoms with Crippen LogP contribution < -0.4 is 10.5 Å². The first kappa shape index (κ1) is 19.1. The van der Waals surface area contributed by atoms with E-state index in [2.05, 4.69) is 0 Å². The van der Waals surface area contributed by atoms with E-state index in [-0.39, 0.29) is 34.1 Å². The first-order valence-corrected chi connectivity index (χ1v) is 7.40. The number of nitriles is 1. The summed E-state index contributed by atoms with van der Waals surface area (Å²) >= 11 is 0. The molecule has 0 aliphatic heterocycles. The maximum Gasteiger partial charge on any atom is 0.357 e. The third-order valence-corrected chi connectivity index (χ3v) is 3.81. The smallest absolute Gasteiger partial charge is 0.357 e. The predicted octanol–water partition coefficient (Wildman–Crippen LogP) is 1.72. The molecule has 0 aliphatic rings. The molecule has 0 saturated heterocycles. The molecule has 0 amide bonds. The number of nitrogen functional groups attached to an aromatic ring is 1. The van der Waals surface area contributed by atoms with Gasteiger partial charge in [0.05, 0.1) is 25.5 Å². The Hall–Kier alpha value is -3.22. The standard InChI is InChI=1S/C17H19N3O6/c1-23-15-11(21)6-5-10(17(25-3)26-4)13(15)20-8-9(7-18)12(19)14(20)16(22)24-2/h5-6,8,17,21H,19H2,1-4H3. The number of benzene rings is 1. The van der Waals surface area contributed by atoms with Crippen LogP contribution in [0.1, 0.15) is 27.9 Å². The second kappa shape index (κ2) is 7.77. The van der Waals surface area contributed by atoms with Gasteiger partial charge in [-0.05, 0) is 12.1 Å². The Morgan fingerprint density at radius 3 is 2.42 bits per heavy atom. The topological polar surface area (TPSA) is 129 Å². The Bertz CT molecular complexity index is 864. The summed E-state index contributed by atoms with van der Waals surface area (Å²) in [5.41, 5.74) is 6.54. The number of aromatic nitrogens is 1. The molecule has 1 aromatic heterocycles. The Kier molecular flexibility index (Phi) is 5.71. The van der Waals surface area contributed by atoms with Crippen molar-refractivity contribution in [1.82, 2.24) is 4.57 Å². The first-order valence-electron chi connectivity index (χ1n) is 7.40. The fourth-order valence-corrected chi connectivity index (χ4v) is 2.66. The van der Waals surface area contributed by atoms with Gasteiger partial charge >= 0.3 is 5.97 Å². The molecule has 0 radical (unpaired) electrons. The minimum absolute atomic E-state index is 0.0474. The van der Waals surface area contributed by atoms with Crippen molar-refractivity contribution in [3.63, 3.8) is 0 Å². The number of methoxy groups -OCH3 is 4. The fourth-order valence-electron chi connectivity index (χ4n) is 2.66. The van der Waals surface area contributed by atoms with E-state index in [1.165, 1.54) is 45.3 Å². The minimum atomic E-state index is -0.834. The van der Waals surface area contributed by atoms with Crippen molar-refractivity contribution in [3.05, 3.63) is 35.2 Å². The van der Waals surface area contributed by atoms with Crippen molar-refractivity contribution in [2.24, 2.45) is 0 Å². The Morgan fingerprint density at radius 2 is 1.92 bits per heavy atom. The van der Waals surface area contributed by atoms with E-state index in [0.717, 1.165) is 0 Å². The quantitative estimate of drug-likeness (QED) is 0.588. The van der Waals surface area contributed by atoms with Gasteiger partial charge in [0.1, 0.15) is 11.8 Å². The SMILES string of the molecule is COC(=O)c1c(N)c(C#N)cn1-c1c(C(OC)OC)ccc(O)c1OC. The average molecular weight is 361 g/mol. The number of phenolic OH excluding ortho intramolecular Hbond substituents is 1. The van der Waals surface area contributed by atoms with Crippen molar-refractivity contribution >= 4 is 11.7 Å². The molecule has 0 aliphatic carbocycles. The lowest BCUT2D eigenvalue weighted by molar-refractivity contribution is -0.106. The third-order valence-electron chi connectivity index (χ3n) is 3.81. The first-order chi connectivity index (χ1) is 12.4. The highest BCUT2D eigenvalue weighted by atomic mass is 16.7. The number of aromatic hydroxyl groups is 1. The van der Waals surface area contributed by atoms with Crippen molar-refractivity contribution in [2.75, 3.05) is 34.2 Å². The van der Waals surface area contributed by atoms with Crippen LogP contribution in [-0.2, 0) is 14.2 Å². The maximum absolute atomic E-state index is 12.3. The summed E-state index contributed by atoms with van der Waals surface area (Å²) in [6.45, 7) is 0. The molecule has 9 nitrogen and oxygen atoms in total. The van der Waals surface area contributed by atoms with E-state index >= 15 is 0 Å². The van der Waals surface area contributed by atoms with Crippen LogP contribution in [0.3, 0.4) is 0 Å². The van der Waals surface area contributed by atoms with Crippen molar-refractivity contribution in [1.29, 1.82) is 5.26 Å². The van der Waals surface area contributed by atoms with Gasteiger partial charge in [-0.2, -0.15) is 5.26 Å². The molecule has 0 fully saturated rings. The summed E-state index contributed by atoms with van der Waals surface area (Å²) in [5, 5.41) is 19.5. The van der Waals surface area contributed by atoms with Gasteiger partial charge in [0.15, 0.2) is 23.5 Å². The highest BCUT2D eigenvalue weighted by Crippen LogP contribution is 2.41. The van der Waals surface area contributed by atoms with Crippen LogP contribution in [0.25, 0.3) is 5.69 Å². The number of hydrogen-bond acceptors (Lipinski definition) is 8. The number of ether oxygens (including phenoxy) is 4. The molecule has 0 spiro atoms. The molecule has 9 heteroatoms. The summed E-state index contributed by atoms with van der Waals surface area (Å²) in [7, 11) is 5.41. The number of hydrogen-bond donors (Lipinski definition) is 2. The number of phenols is 1. The number of rotatable bonds is 6. The summed E-state index contributed by atoms with van der Waals surface area (Å²) < 4.78 is 22.0. The Labute approximate surface area is 150 Å². The van der Waals surface area contributed by atoms with Gasteiger partial charge in [0, 0.05) is 26.0 Å². The van der Waals surface area contributed by atoms with Crippen LogP contribution in [0.2, 0.25) is 0 Å². The van der Waals surface area contributed by atoms with Crippen molar-refractivity contribution in [3.8, 4) is 23.3 Å². The van der Waals surface area contributed by atoms with Crippen molar-refractivity contribution in [2.45, 2.75) is 6.29 Å². The van der Waals surface area contributed by atoms with Crippen LogP contribution in [0.4, 0.5) is 5.69 Å². The van der Waals surface area contributed by atoms with Crippen LogP contribution >= 0.6 is 0 Å². The summed E-state index contributed by atoms with van der Waals surface area (Å²) in [5.74, 6) is -0.892. The molecule has 0 saturated carbocycles. The number of nitrogens with zero attached hydrogens (tertiary/aromatic N) is 2. The fraction of sp³-hybridized carbons (Fsp3) is 0.294. The molecule has 0 bridgehead atoms. The number of carbonyl (C=O) groups excluding carboxylic acids is 1. The van der Waals surface area contributed by atoms with E-state index < -0.39 is 12.3 Å². The van der Waals surface area contributed by atoms with Gasteiger partial charge in [0.2, 0.25) is 0 Å². The van der Waals surface area contributed by atoms with Crippen LogP contribution in [0.5, 0.6) is 11.5 Å². The van der Waals surface area contributed by atoms with Crippen LogP contribution in [0.15, 0.2) is 18.3 Å². The van der Waals surface area contributed by atoms with Crippen LogP contribution in [0, 0.1) is 11.3 Å².